The number of rotatable bonds is 5. The van der Waals surface area contributed by atoms with Gasteiger partial charge in [-0.05, 0) is 42.9 Å². The molecule has 0 bridgehead atoms. The molecular formula is C17H19NO5. The summed E-state index contributed by atoms with van der Waals surface area (Å²) in [6.07, 6.45) is 2.60. The monoisotopic (exact) mass is 317 g/mol. The van der Waals surface area contributed by atoms with Crippen LogP contribution in [0, 0.1) is 17.8 Å². The van der Waals surface area contributed by atoms with Gasteiger partial charge >= 0.3 is 5.97 Å². The maximum absolute atomic E-state index is 12.3. The summed E-state index contributed by atoms with van der Waals surface area (Å²) in [6, 6.07) is 5.69. The molecule has 4 rings (SSSR count). The first-order valence-corrected chi connectivity index (χ1v) is 8.06. The van der Waals surface area contributed by atoms with Gasteiger partial charge in [-0.15, -0.1) is 0 Å². The van der Waals surface area contributed by atoms with Crippen LogP contribution in [0.3, 0.4) is 0 Å². The van der Waals surface area contributed by atoms with Gasteiger partial charge in [0.15, 0.2) is 11.5 Å². The van der Waals surface area contributed by atoms with Crippen LogP contribution < -0.4 is 14.8 Å². The zero-order valence-electron chi connectivity index (χ0n) is 12.7. The van der Waals surface area contributed by atoms with Crippen LogP contribution in [0.1, 0.15) is 30.9 Å². The molecule has 1 aromatic rings. The van der Waals surface area contributed by atoms with Crippen molar-refractivity contribution >= 4 is 11.9 Å². The molecule has 3 atom stereocenters. The fraction of sp³-hybridized carbons (Fsp3) is 0.529. The highest BCUT2D eigenvalue weighted by Gasteiger charge is 2.49. The number of hydrogen-bond acceptors (Lipinski definition) is 4. The van der Waals surface area contributed by atoms with E-state index in [0.717, 1.165) is 24.2 Å². The molecular weight excluding hydrogens is 298 g/mol. The van der Waals surface area contributed by atoms with E-state index in [1.54, 1.807) is 0 Å². The lowest BCUT2D eigenvalue weighted by molar-refractivity contribution is -0.140. The predicted molar refractivity (Wildman–Crippen MR) is 80.3 cm³/mol. The molecule has 0 unspecified atom stereocenters. The summed E-state index contributed by atoms with van der Waals surface area (Å²) in [7, 11) is 0. The number of carbonyl (C=O) groups excluding carboxylic acids is 1. The number of nitrogens with one attached hydrogen (secondary N) is 1. The molecule has 1 aliphatic heterocycles. The van der Waals surface area contributed by atoms with E-state index >= 15 is 0 Å². The van der Waals surface area contributed by atoms with E-state index in [9.17, 15) is 9.59 Å². The summed E-state index contributed by atoms with van der Waals surface area (Å²) < 4.78 is 11.1. The van der Waals surface area contributed by atoms with Crippen molar-refractivity contribution in [1.82, 2.24) is 5.32 Å². The number of amides is 1. The minimum atomic E-state index is -0.882. The fourth-order valence-electron chi connectivity index (χ4n) is 3.17. The van der Waals surface area contributed by atoms with Gasteiger partial charge in [-0.25, -0.2) is 0 Å². The van der Waals surface area contributed by atoms with Crippen molar-refractivity contribution in [2.45, 2.75) is 25.3 Å². The number of carboxylic acid groups (broad SMARTS) is 1. The fourth-order valence-corrected chi connectivity index (χ4v) is 3.17. The average Bonchev–Trinajstić information content (AvgIpc) is 3.44. The summed E-state index contributed by atoms with van der Waals surface area (Å²) in [5.41, 5.74) is 0.998. The summed E-state index contributed by atoms with van der Waals surface area (Å²) >= 11 is 0. The van der Waals surface area contributed by atoms with Gasteiger partial charge in [0.05, 0.1) is 17.9 Å². The van der Waals surface area contributed by atoms with E-state index in [-0.39, 0.29) is 17.9 Å². The maximum Gasteiger partial charge on any atom is 0.307 e. The van der Waals surface area contributed by atoms with Gasteiger partial charge < -0.3 is 19.9 Å². The number of fused-ring (bicyclic) bond motifs is 1. The van der Waals surface area contributed by atoms with Crippen LogP contribution >= 0.6 is 0 Å². The molecule has 2 aliphatic carbocycles. The van der Waals surface area contributed by atoms with Crippen LogP contribution in [0.5, 0.6) is 11.5 Å². The summed E-state index contributed by atoms with van der Waals surface area (Å²) in [5.74, 6) is -0.0706. The second-order valence-electron chi connectivity index (χ2n) is 6.51. The van der Waals surface area contributed by atoms with Crippen molar-refractivity contribution in [1.29, 1.82) is 0 Å². The Morgan fingerprint density at radius 2 is 1.87 bits per heavy atom. The Morgan fingerprint density at radius 1 is 1.13 bits per heavy atom. The molecule has 1 heterocycles. The second-order valence-corrected chi connectivity index (χ2v) is 6.51. The number of aliphatic carboxylic acids is 1. The van der Waals surface area contributed by atoms with Crippen LogP contribution in [0.25, 0.3) is 0 Å². The largest absolute Gasteiger partial charge is 0.486 e. The number of hydrogen-bond donors (Lipinski definition) is 2. The van der Waals surface area contributed by atoms with Gasteiger partial charge in [0.2, 0.25) is 5.91 Å². The predicted octanol–water partition coefficient (Wildman–Crippen LogP) is 1.75. The third kappa shape index (κ3) is 2.85. The molecule has 2 saturated carbocycles. The van der Waals surface area contributed by atoms with Crippen molar-refractivity contribution in [2.24, 2.45) is 17.8 Å². The zero-order valence-corrected chi connectivity index (χ0v) is 12.7. The third-order valence-electron chi connectivity index (χ3n) is 4.76. The SMILES string of the molecule is O=C(O)[C@@H]1C[C@H]1C(=O)N[C@@H](c1ccc2c(c1)OCCO2)C1CC1. The van der Waals surface area contributed by atoms with Crippen LogP contribution in [-0.4, -0.2) is 30.2 Å². The Morgan fingerprint density at radius 3 is 2.52 bits per heavy atom. The van der Waals surface area contributed by atoms with Crippen molar-refractivity contribution in [2.75, 3.05) is 13.2 Å². The van der Waals surface area contributed by atoms with Crippen LogP contribution in [0.15, 0.2) is 18.2 Å². The molecule has 23 heavy (non-hydrogen) atoms. The van der Waals surface area contributed by atoms with E-state index in [0.29, 0.717) is 31.3 Å². The van der Waals surface area contributed by atoms with E-state index in [4.69, 9.17) is 14.6 Å². The van der Waals surface area contributed by atoms with Crippen molar-refractivity contribution in [3.05, 3.63) is 23.8 Å². The molecule has 1 amide bonds. The summed E-state index contributed by atoms with van der Waals surface area (Å²) in [6.45, 7) is 1.08. The Balaban J connectivity index is 1.50. The maximum atomic E-state index is 12.3. The van der Waals surface area contributed by atoms with Gasteiger partial charge in [0, 0.05) is 0 Å². The van der Waals surface area contributed by atoms with Crippen LogP contribution in [-0.2, 0) is 9.59 Å². The Labute approximate surface area is 133 Å². The third-order valence-corrected chi connectivity index (χ3v) is 4.76. The lowest BCUT2D eigenvalue weighted by Crippen LogP contribution is -2.32. The normalized spacial score (nSPS) is 26.3. The first kappa shape index (κ1) is 14.4. The number of carbonyl (C=O) groups is 2. The Bertz CT molecular complexity index is 654. The lowest BCUT2D eigenvalue weighted by Gasteiger charge is -2.23. The first-order chi connectivity index (χ1) is 11.1. The minimum Gasteiger partial charge on any atom is -0.486 e. The highest BCUT2D eigenvalue weighted by Crippen LogP contribution is 2.45. The molecule has 2 N–H and O–H groups in total. The van der Waals surface area contributed by atoms with Gasteiger partial charge in [-0.1, -0.05) is 6.07 Å². The van der Waals surface area contributed by atoms with E-state index < -0.39 is 11.9 Å². The Kier molecular flexibility index (Phi) is 3.39. The highest BCUT2D eigenvalue weighted by molar-refractivity contribution is 5.89. The molecule has 2 fully saturated rings. The molecule has 3 aliphatic rings. The average molecular weight is 317 g/mol. The van der Waals surface area contributed by atoms with Crippen molar-refractivity contribution < 1.29 is 24.2 Å². The zero-order chi connectivity index (χ0) is 16.0. The number of ether oxygens (including phenoxy) is 2. The van der Waals surface area contributed by atoms with Gasteiger partial charge in [0.25, 0.3) is 0 Å². The molecule has 6 nitrogen and oxygen atoms in total. The molecule has 1 aromatic carbocycles. The highest BCUT2D eigenvalue weighted by atomic mass is 16.6. The molecule has 0 saturated heterocycles. The standard InChI is InChI=1S/C17H19NO5/c19-16(11-8-12(11)17(20)21)18-15(9-1-2-9)10-3-4-13-14(7-10)23-6-5-22-13/h3-4,7,9,11-12,15H,1-2,5-6,8H2,(H,18,19)(H,20,21)/t11-,12-,15-/m1/s1. The van der Waals surface area contributed by atoms with E-state index in [1.165, 1.54) is 0 Å². The van der Waals surface area contributed by atoms with E-state index in [1.807, 2.05) is 18.2 Å². The van der Waals surface area contributed by atoms with Gasteiger partial charge in [0.1, 0.15) is 13.2 Å². The van der Waals surface area contributed by atoms with Crippen molar-refractivity contribution in [3.63, 3.8) is 0 Å². The van der Waals surface area contributed by atoms with Crippen LogP contribution in [0.2, 0.25) is 0 Å². The minimum absolute atomic E-state index is 0.0756. The smallest absolute Gasteiger partial charge is 0.307 e. The molecule has 0 spiro atoms. The molecule has 0 aromatic heterocycles. The quantitative estimate of drug-likeness (QED) is 0.864. The molecule has 0 radical (unpaired) electrons. The topological polar surface area (TPSA) is 84.9 Å². The van der Waals surface area contributed by atoms with E-state index in [2.05, 4.69) is 5.32 Å². The molecule has 122 valence electrons. The van der Waals surface area contributed by atoms with Crippen molar-refractivity contribution in [3.8, 4) is 11.5 Å². The lowest BCUT2D eigenvalue weighted by atomic mass is 10.0. The summed E-state index contributed by atoms with van der Waals surface area (Å²) in [4.78, 5) is 23.2. The Hall–Kier alpha value is -2.24. The summed E-state index contributed by atoms with van der Waals surface area (Å²) in [5, 5.41) is 12.0. The van der Waals surface area contributed by atoms with Crippen LogP contribution in [0.4, 0.5) is 0 Å². The first-order valence-electron chi connectivity index (χ1n) is 8.06. The number of benzene rings is 1. The second kappa shape index (κ2) is 5.44. The van der Waals surface area contributed by atoms with Gasteiger partial charge in [-0.2, -0.15) is 0 Å². The van der Waals surface area contributed by atoms with Gasteiger partial charge in [-0.3, -0.25) is 9.59 Å². The molecule has 6 heteroatoms. The number of carboxylic acids is 1.